The molecule has 0 atom stereocenters. The van der Waals surface area contributed by atoms with E-state index in [1.165, 1.54) is 12.1 Å². The summed E-state index contributed by atoms with van der Waals surface area (Å²) in [5.74, 6) is -0.440. The van der Waals surface area contributed by atoms with Gasteiger partial charge in [0.15, 0.2) is 6.61 Å². The van der Waals surface area contributed by atoms with Crippen molar-refractivity contribution in [3.05, 3.63) is 23.4 Å². The Kier molecular flexibility index (Phi) is 3.36. The summed E-state index contributed by atoms with van der Waals surface area (Å²) >= 11 is 0. The molecule has 3 N–H and O–H groups in total. The number of nitrogens with two attached hydrogens (primary N) is 1. The van der Waals surface area contributed by atoms with Crippen LogP contribution in [0.1, 0.15) is 11.3 Å². The van der Waals surface area contributed by atoms with E-state index in [0.29, 0.717) is 5.69 Å². The van der Waals surface area contributed by atoms with Crippen LogP contribution in [0.25, 0.3) is 0 Å². The average molecular weight is 233 g/mol. The molecule has 0 fully saturated rings. The molecule has 0 spiro atoms. The molecule has 0 saturated heterocycles. The van der Waals surface area contributed by atoms with Crippen molar-refractivity contribution in [3.8, 4) is 5.88 Å². The number of aryl methyl sites for hydroxylation is 1. The molecule has 88 valence electrons. The lowest BCUT2D eigenvalue weighted by Gasteiger charge is -2.09. The highest BCUT2D eigenvalue weighted by atomic mass is 19.4. The third kappa shape index (κ3) is 3.76. The Bertz CT molecular complexity index is 403. The number of nitrogen functional groups attached to an aromatic ring is 1. The molecule has 1 rings (SSSR count). The summed E-state index contributed by atoms with van der Waals surface area (Å²) < 4.78 is 40.1. The van der Waals surface area contributed by atoms with E-state index in [1.54, 1.807) is 6.92 Å². The summed E-state index contributed by atoms with van der Waals surface area (Å²) in [6, 6.07) is 2.68. The van der Waals surface area contributed by atoms with Gasteiger partial charge in [-0.25, -0.2) is 4.98 Å². The summed E-state index contributed by atoms with van der Waals surface area (Å²) in [6.07, 6.45) is -4.41. The fourth-order valence-electron chi connectivity index (χ4n) is 1.02. The van der Waals surface area contributed by atoms with Crippen molar-refractivity contribution in [1.82, 2.24) is 4.98 Å². The Balaban J connectivity index is 2.85. The topological polar surface area (TPSA) is 72.0 Å². The lowest BCUT2D eigenvalue weighted by atomic mass is 10.2. The van der Waals surface area contributed by atoms with Crippen molar-refractivity contribution < 1.29 is 17.9 Å². The summed E-state index contributed by atoms with van der Waals surface area (Å²) in [5, 5.41) is 7.16. The number of pyridine rings is 1. The number of rotatable bonds is 3. The number of halogens is 3. The van der Waals surface area contributed by atoms with Crippen molar-refractivity contribution >= 4 is 5.84 Å². The van der Waals surface area contributed by atoms with Gasteiger partial charge in [0.25, 0.3) is 0 Å². The Hall–Kier alpha value is -1.79. The van der Waals surface area contributed by atoms with Gasteiger partial charge in [-0.05, 0) is 13.0 Å². The number of amidine groups is 1. The molecular formula is C9H10F3N3O. The van der Waals surface area contributed by atoms with Crippen LogP contribution in [-0.2, 0) is 0 Å². The summed E-state index contributed by atoms with van der Waals surface area (Å²) in [7, 11) is 0. The smallest absolute Gasteiger partial charge is 0.422 e. The van der Waals surface area contributed by atoms with E-state index in [9.17, 15) is 13.2 Å². The Morgan fingerprint density at radius 2 is 2.12 bits per heavy atom. The number of ether oxygens (including phenoxy) is 1. The highest BCUT2D eigenvalue weighted by Gasteiger charge is 2.28. The van der Waals surface area contributed by atoms with Gasteiger partial charge in [0.2, 0.25) is 5.88 Å². The van der Waals surface area contributed by atoms with Gasteiger partial charge in [-0.3, -0.25) is 5.41 Å². The van der Waals surface area contributed by atoms with E-state index in [2.05, 4.69) is 9.72 Å². The van der Waals surface area contributed by atoms with Gasteiger partial charge in [-0.1, -0.05) is 0 Å². The van der Waals surface area contributed by atoms with Crippen LogP contribution in [0.2, 0.25) is 0 Å². The van der Waals surface area contributed by atoms with Crippen LogP contribution < -0.4 is 10.5 Å². The van der Waals surface area contributed by atoms with Crippen LogP contribution in [0.5, 0.6) is 5.88 Å². The third-order valence-corrected chi connectivity index (χ3v) is 1.62. The molecule has 0 saturated carbocycles. The van der Waals surface area contributed by atoms with Gasteiger partial charge in [0.05, 0.1) is 0 Å². The van der Waals surface area contributed by atoms with Crippen molar-refractivity contribution in [3.63, 3.8) is 0 Å². The molecule has 0 aromatic carbocycles. The fraction of sp³-hybridized carbons (Fsp3) is 0.333. The molecule has 0 bridgehead atoms. The number of hydrogen-bond acceptors (Lipinski definition) is 3. The van der Waals surface area contributed by atoms with Gasteiger partial charge in [0.1, 0.15) is 5.84 Å². The quantitative estimate of drug-likeness (QED) is 0.615. The second-order valence-corrected chi connectivity index (χ2v) is 3.15. The molecule has 0 aliphatic heterocycles. The van der Waals surface area contributed by atoms with Crippen LogP contribution in [0, 0.1) is 12.3 Å². The number of hydrogen-bond donors (Lipinski definition) is 2. The first kappa shape index (κ1) is 12.3. The zero-order chi connectivity index (χ0) is 12.3. The van der Waals surface area contributed by atoms with Crippen LogP contribution in [0.15, 0.2) is 12.1 Å². The Labute approximate surface area is 89.7 Å². The van der Waals surface area contributed by atoms with Crippen molar-refractivity contribution in [2.24, 2.45) is 5.73 Å². The second kappa shape index (κ2) is 4.38. The number of alkyl halides is 3. The van der Waals surface area contributed by atoms with Gasteiger partial charge < -0.3 is 10.5 Å². The summed E-state index contributed by atoms with van der Waals surface area (Å²) in [6.45, 7) is 0.160. The fourth-order valence-corrected chi connectivity index (χ4v) is 1.02. The second-order valence-electron chi connectivity index (χ2n) is 3.15. The average Bonchev–Trinajstić information content (AvgIpc) is 2.13. The normalized spacial score (nSPS) is 11.2. The zero-order valence-corrected chi connectivity index (χ0v) is 8.43. The summed E-state index contributed by atoms with van der Waals surface area (Å²) in [5.41, 5.74) is 5.93. The maximum absolute atomic E-state index is 11.9. The van der Waals surface area contributed by atoms with Gasteiger partial charge >= 0.3 is 6.18 Å². The van der Waals surface area contributed by atoms with Crippen molar-refractivity contribution in [2.75, 3.05) is 6.61 Å². The van der Waals surface area contributed by atoms with Crippen LogP contribution in [0.4, 0.5) is 13.2 Å². The largest absolute Gasteiger partial charge is 0.468 e. The minimum absolute atomic E-state index is 0.192. The van der Waals surface area contributed by atoms with E-state index < -0.39 is 12.8 Å². The van der Waals surface area contributed by atoms with Gasteiger partial charge in [-0.2, -0.15) is 13.2 Å². The molecule has 1 aromatic rings. The Morgan fingerprint density at radius 1 is 1.50 bits per heavy atom. The molecule has 0 unspecified atom stereocenters. The van der Waals surface area contributed by atoms with E-state index in [-0.39, 0.29) is 17.3 Å². The van der Waals surface area contributed by atoms with E-state index in [0.717, 1.165) is 0 Å². The zero-order valence-electron chi connectivity index (χ0n) is 8.43. The van der Waals surface area contributed by atoms with Crippen molar-refractivity contribution in [1.29, 1.82) is 5.41 Å². The molecule has 1 heterocycles. The molecule has 4 nitrogen and oxygen atoms in total. The first-order valence-corrected chi connectivity index (χ1v) is 4.30. The SMILES string of the molecule is Cc1cc(C(=N)N)cc(OCC(F)(F)F)n1. The lowest BCUT2D eigenvalue weighted by molar-refractivity contribution is -0.154. The highest BCUT2D eigenvalue weighted by Crippen LogP contribution is 2.18. The first-order valence-electron chi connectivity index (χ1n) is 4.30. The molecule has 0 aliphatic rings. The van der Waals surface area contributed by atoms with E-state index in [4.69, 9.17) is 11.1 Å². The lowest BCUT2D eigenvalue weighted by Crippen LogP contribution is -2.20. The molecule has 0 radical (unpaired) electrons. The monoisotopic (exact) mass is 233 g/mol. The highest BCUT2D eigenvalue weighted by molar-refractivity contribution is 5.95. The van der Waals surface area contributed by atoms with Crippen LogP contribution in [0.3, 0.4) is 0 Å². The minimum atomic E-state index is -4.41. The van der Waals surface area contributed by atoms with E-state index >= 15 is 0 Å². The van der Waals surface area contributed by atoms with Gasteiger partial charge in [0, 0.05) is 17.3 Å². The predicted octanol–water partition coefficient (Wildman–Crippen LogP) is 1.62. The van der Waals surface area contributed by atoms with Crippen LogP contribution >= 0.6 is 0 Å². The number of aromatic nitrogens is 1. The first-order chi connectivity index (χ1) is 7.28. The molecule has 7 heteroatoms. The number of nitrogens with one attached hydrogen (secondary N) is 1. The maximum atomic E-state index is 11.9. The number of nitrogens with zero attached hydrogens (tertiary/aromatic N) is 1. The predicted molar refractivity (Wildman–Crippen MR) is 51.5 cm³/mol. The molecule has 1 aromatic heterocycles. The molecule has 0 amide bonds. The molecule has 16 heavy (non-hydrogen) atoms. The maximum Gasteiger partial charge on any atom is 0.422 e. The van der Waals surface area contributed by atoms with Crippen LogP contribution in [-0.4, -0.2) is 23.6 Å². The standard InChI is InChI=1S/C9H10F3N3O/c1-5-2-6(8(13)14)3-7(15-5)16-4-9(10,11)12/h2-3H,4H2,1H3,(H3,13,14). The van der Waals surface area contributed by atoms with Crippen molar-refractivity contribution in [2.45, 2.75) is 13.1 Å². The third-order valence-electron chi connectivity index (χ3n) is 1.62. The molecule has 0 aliphatic carbocycles. The van der Waals surface area contributed by atoms with Gasteiger partial charge in [-0.15, -0.1) is 0 Å². The van der Waals surface area contributed by atoms with E-state index in [1.807, 2.05) is 0 Å². The minimum Gasteiger partial charge on any atom is -0.468 e. The molecular weight excluding hydrogens is 223 g/mol. The Morgan fingerprint density at radius 3 is 2.62 bits per heavy atom. The summed E-state index contributed by atoms with van der Waals surface area (Å²) in [4.78, 5) is 3.74.